The number of ether oxygens (including phenoxy) is 1. The van der Waals surface area contributed by atoms with Gasteiger partial charge in [-0.15, -0.1) is 10.2 Å². The van der Waals surface area contributed by atoms with Gasteiger partial charge in [-0.1, -0.05) is 25.0 Å². The van der Waals surface area contributed by atoms with Crippen LogP contribution < -0.4 is 10.1 Å². The SMILES string of the molecule is Cn1c(COc2ccccc2C(=O)NC2CCCC2)nnc1C1CC1. The highest BCUT2D eigenvalue weighted by molar-refractivity contribution is 5.97. The van der Waals surface area contributed by atoms with Gasteiger partial charge in [0.2, 0.25) is 0 Å². The molecule has 0 saturated heterocycles. The largest absolute Gasteiger partial charge is 0.485 e. The number of aromatic nitrogens is 3. The van der Waals surface area contributed by atoms with Crippen molar-refractivity contribution in [2.24, 2.45) is 7.05 Å². The number of carbonyl (C=O) groups excluding carboxylic acids is 1. The molecule has 1 N–H and O–H groups in total. The van der Waals surface area contributed by atoms with Gasteiger partial charge in [-0.25, -0.2) is 0 Å². The highest BCUT2D eigenvalue weighted by Gasteiger charge is 2.29. The molecule has 1 heterocycles. The van der Waals surface area contributed by atoms with Crippen LogP contribution in [0.1, 0.15) is 66.4 Å². The minimum absolute atomic E-state index is 0.0564. The van der Waals surface area contributed by atoms with E-state index in [1.165, 1.54) is 25.7 Å². The van der Waals surface area contributed by atoms with Crippen molar-refractivity contribution in [2.75, 3.05) is 0 Å². The van der Waals surface area contributed by atoms with E-state index in [-0.39, 0.29) is 5.91 Å². The minimum Gasteiger partial charge on any atom is -0.485 e. The zero-order valence-corrected chi connectivity index (χ0v) is 14.6. The third-order valence-electron chi connectivity index (χ3n) is 5.12. The lowest BCUT2D eigenvalue weighted by molar-refractivity contribution is 0.0933. The van der Waals surface area contributed by atoms with Crippen LogP contribution >= 0.6 is 0 Å². The number of para-hydroxylation sites is 1. The molecule has 0 bridgehead atoms. The average Bonchev–Trinajstić information content (AvgIpc) is 3.21. The first-order valence-corrected chi connectivity index (χ1v) is 9.13. The Morgan fingerprint density at radius 1 is 1.20 bits per heavy atom. The van der Waals surface area contributed by atoms with Crippen LogP contribution in [0.15, 0.2) is 24.3 Å². The van der Waals surface area contributed by atoms with Crippen LogP contribution in [0.2, 0.25) is 0 Å². The molecule has 2 aliphatic carbocycles. The molecule has 0 atom stereocenters. The molecule has 2 aliphatic rings. The van der Waals surface area contributed by atoms with E-state index in [2.05, 4.69) is 15.5 Å². The van der Waals surface area contributed by atoms with Gasteiger partial charge in [0.25, 0.3) is 5.91 Å². The van der Waals surface area contributed by atoms with Gasteiger partial charge in [0.15, 0.2) is 5.82 Å². The summed E-state index contributed by atoms with van der Waals surface area (Å²) < 4.78 is 7.93. The highest BCUT2D eigenvalue weighted by atomic mass is 16.5. The molecule has 1 aromatic carbocycles. The summed E-state index contributed by atoms with van der Waals surface area (Å²) in [6, 6.07) is 7.69. The highest BCUT2D eigenvalue weighted by Crippen LogP contribution is 2.38. The van der Waals surface area contributed by atoms with Crippen LogP contribution in [-0.2, 0) is 13.7 Å². The van der Waals surface area contributed by atoms with Crippen molar-refractivity contribution in [3.63, 3.8) is 0 Å². The van der Waals surface area contributed by atoms with Gasteiger partial charge in [-0.2, -0.15) is 0 Å². The fourth-order valence-electron chi connectivity index (χ4n) is 3.45. The maximum Gasteiger partial charge on any atom is 0.255 e. The Kier molecular flexibility index (Phi) is 4.42. The van der Waals surface area contributed by atoms with E-state index in [0.29, 0.717) is 29.9 Å². The van der Waals surface area contributed by atoms with E-state index in [0.717, 1.165) is 24.5 Å². The number of hydrogen-bond donors (Lipinski definition) is 1. The maximum absolute atomic E-state index is 12.6. The van der Waals surface area contributed by atoms with E-state index in [1.807, 2.05) is 35.9 Å². The zero-order valence-electron chi connectivity index (χ0n) is 14.6. The monoisotopic (exact) mass is 340 g/mol. The molecule has 0 spiro atoms. The molecular weight excluding hydrogens is 316 g/mol. The molecule has 0 unspecified atom stereocenters. The first-order valence-electron chi connectivity index (χ1n) is 9.13. The topological polar surface area (TPSA) is 69.0 Å². The number of nitrogens with one attached hydrogen (secondary N) is 1. The van der Waals surface area contributed by atoms with E-state index in [9.17, 15) is 4.79 Å². The van der Waals surface area contributed by atoms with Gasteiger partial charge in [-0.05, 0) is 37.8 Å². The van der Waals surface area contributed by atoms with Crippen molar-refractivity contribution in [1.82, 2.24) is 20.1 Å². The lowest BCUT2D eigenvalue weighted by atomic mass is 10.1. The third-order valence-corrected chi connectivity index (χ3v) is 5.12. The van der Waals surface area contributed by atoms with Gasteiger partial charge in [-0.3, -0.25) is 4.79 Å². The van der Waals surface area contributed by atoms with E-state index >= 15 is 0 Å². The molecule has 25 heavy (non-hydrogen) atoms. The Bertz CT molecular complexity index is 761. The summed E-state index contributed by atoms with van der Waals surface area (Å²) in [7, 11) is 1.98. The summed E-state index contributed by atoms with van der Waals surface area (Å²) in [5.41, 5.74) is 0.582. The summed E-state index contributed by atoms with van der Waals surface area (Å²) in [5.74, 6) is 2.91. The summed E-state index contributed by atoms with van der Waals surface area (Å²) in [4.78, 5) is 12.6. The fourth-order valence-corrected chi connectivity index (χ4v) is 3.45. The number of rotatable bonds is 6. The molecule has 132 valence electrons. The molecule has 2 saturated carbocycles. The molecule has 0 radical (unpaired) electrons. The number of nitrogens with zero attached hydrogens (tertiary/aromatic N) is 3. The van der Waals surface area contributed by atoms with Crippen molar-refractivity contribution < 1.29 is 9.53 Å². The molecule has 2 fully saturated rings. The predicted octanol–water partition coefficient (Wildman–Crippen LogP) is 2.94. The number of carbonyl (C=O) groups is 1. The minimum atomic E-state index is -0.0564. The van der Waals surface area contributed by atoms with E-state index in [4.69, 9.17) is 4.74 Å². The number of benzene rings is 1. The van der Waals surface area contributed by atoms with Crippen molar-refractivity contribution in [2.45, 2.75) is 57.1 Å². The van der Waals surface area contributed by atoms with Crippen LogP contribution in [0.25, 0.3) is 0 Å². The normalized spacial score (nSPS) is 17.6. The zero-order chi connectivity index (χ0) is 17.2. The first-order chi connectivity index (χ1) is 12.2. The molecule has 1 amide bonds. The van der Waals surface area contributed by atoms with Crippen LogP contribution in [-0.4, -0.2) is 26.7 Å². The Labute approximate surface area is 147 Å². The Morgan fingerprint density at radius 3 is 2.72 bits per heavy atom. The molecule has 6 nitrogen and oxygen atoms in total. The lowest BCUT2D eigenvalue weighted by Gasteiger charge is -2.15. The van der Waals surface area contributed by atoms with Gasteiger partial charge >= 0.3 is 0 Å². The standard InChI is InChI=1S/C19H24N4O2/c1-23-17(21-22-18(23)13-10-11-13)12-25-16-9-5-4-8-15(16)19(24)20-14-6-2-3-7-14/h4-5,8-9,13-14H,2-3,6-7,10-12H2,1H3,(H,20,24). The summed E-state index contributed by atoms with van der Waals surface area (Å²) in [6.45, 7) is 0.309. The lowest BCUT2D eigenvalue weighted by Crippen LogP contribution is -2.32. The molecule has 2 aromatic rings. The maximum atomic E-state index is 12.6. The molecular formula is C19H24N4O2. The Morgan fingerprint density at radius 2 is 1.96 bits per heavy atom. The van der Waals surface area contributed by atoms with Crippen molar-refractivity contribution in [3.05, 3.63) is 41.5 Å². The third kappa shape index (κ3) is 3.52. The summed E-state index contributed by atoms with van der Waals surface area (Å²) >= 11 is 0. The predicted molar refractivity (Wildman–Crippen MR) is 93.5 cm³/mol. The van der Waals surface area contributed by atoms with Gasteiger partial charge in [0, 0.05) is 19.0 Å². The van der Waals surface area contributed by atoms with Crippen LogP contribution in [0.4, 0.5) is 0 Å². The number of amides is 1. The van der Waals surface area contributed by atoms with Gasteiger partial charge in [0.1, 0.15) is 18.2 Å². The fraction of sp³-hybridized carbons (Fsp3) is 0.526. The van der Waals surface area contributed by atoms with Crippen LogP contribution in [0.3, 0.4) is 0 Å². The van der Waals surface area contributed by atoms with Gasteiger partial charge in [0.05, 0.1) is 5.56 Å². The molecule has 4 rings (SSSR count). The van der Waals surface area contributed by atoms with E-state index in [1.54, 1.807) is 0 Å². The average molecular weight is 340 g/mol. The van der Waals surface area contributed by atoms with Crippen molar-refractivity contribution >= 4 is 5.91 Å². The van der Waals surface area contributed by atoms with Crippen LogP contribution in [0.5, 0.6) is 5.75 Å². The van der Waals surface area contributed by atoms with Crippen molar-refractivity contribution in [1.29, 1.82) is 0 Å². The summed E-state index contributed by atoms with van der Waals surface area (Å²) in [5, 5.41) is 11.6. The van der Waals surface area contributed by atoms with E-state index < -0.39 is 0 Å². The molecule has 6 heteroatoms. The Balaban J connectivity index is 1.44. The van der Waals surface area contributed by atoms with Crippen LogP contribution in [0, 0.1) is 0 Å². The summed E-state index contributed by atoms with van der Waals surface area (Å²) in [6.07, 6.45) is 6.90. The molecule has 0 aliphatic heterocycles. The Hall–Kier alpha value is -2.37. The number of hydrogen-bond acceptors (Lipinski definition) is 4. The second-order valence-corrected chi connectivity index (χ2v) is 7.05. The quantitative estimate of drug-likeness (QED) is 0.878. The molecule has 1 aromatic heterocycles. The second-order valence-electron chi connectivity index (χ2n) is 7.05. The van der Waals surface area contributed by atoms with Gasteiger partial charge < -0.3 is 14.6 Å². The van der Waals surface area contributed by atoms with Crippen molar-refractivity contribution in [3.8, 4) is 5.75 Å². The smallest absolute Gasteiger partial charge is 0.255 e. The second kappa shape index (κ2) is 6.86. The first kappa shape index (κ1) is 16.1.